The highest BCUT2D eigenvalue weighted by atomic mass is 17.2. The maximum absolute atomic E-state index is 12.4. The number of hydrogen-bond acceptors (Lipinski definition) is 8. The van der Waals surface area contributed by atoms with Gasteiger partial charge >= 0.3 is 12.1 Å². The average molecular weight is 674 g/mol. The van der Waals surface area contributed by atoms with Gasteiger partial charge in [0, 0.05) is 6.54 Å². The van der Waals surface area contributed by atoms with Gasteiger partial charge in [-0.2, -0.15) is 0 Å². The molecular weight excluding hydrogens is 622 g/mol. The number of benzene rings is 3. The Balaban J connectivity index is 1.07. The fraction of sp³-hybridized carbons (Fsp3) is 0.500. The van der Waals surface area contributed by atoms with E-state index in [1.807, 2.05) is 72.8 Å². The molecule has 9 heteroatoms. The Labute approximate surface area is 290 Å². The van der Waals surface area contributed by atoms with Crippen LogP contribution in [-0.4, -0.2) is 49.1 Å². The molecule has 0 saturated heterocycles. The van der Waals surface area contributed by atoms with Crippen molar-refractivity contribution in [3.8, 4) is 5.75 Å². The summed E-state index contributed by atoms with van der Waals surface area (Å²) in [6, 6.07) is 25.2. The van der Waals surface area contributed by atoms with Crippen molar-refractivity contribution >= 4 is 12.1 Å². The third kappa shape index (κ3) is 11.3. The Morgan fingerprint density at radius 3 is 2.35 bits per heavy atom. The van der Waals surface area contributed by atoms with Gasteiger partial charge in [-0.25, -0.2) is 19.4 Å². The Morgan fingerprint density at radius 1 is 0.878 bits per heavy atom. The van der Waals surface area contributed by atoms with Crippen molar-refractivity contribution < 1.29 is 38.7 Å². The summed E-state index contributed by atoms with van der Waals surface area (Å²) in [5, 5.41) is 13.9. The second-order valence-corrected chi connectivity index (χ2v) is 13.2. The Bertz CT molecular complexity index is 1430. The number of aliphatic hydroxyl groups excluding tert-OH is 1. The van der Waals surface area contributed by atoms with E-state index in [0.29, 0.717) is 11.8 Å². The molecule has 1 amide bonds. The van der Waals surface area contributed by atoms with Crippen LogP contribution in [0.3, 0.4) is 0 Å². The van der Waals surface area contributed by atoms with E-state index >= 15 is 0 Å². The summed E-state index contributed by atoms with van der Waals surface area (Å²) in [4.78, 5) is 35.8. The first-order valence-corrected chi connectivity index (χ1v) is 17.8. The van der Waals surface area contributed by atoms with E-state index < -0.39 is 12.1 Å². The van der Waals surface area contributed by atoms with Crippen molar-refractivity contribution in [2.75, 3.05) is 19.8 Å². The number of carbonyl (C=O) groups excluding carboxylic acids is 2. The van der Waals surface area contributed by atoms with Crippen LogP contribution < -0.4 is 10.1 Å². The Morgan fingerprint density at radius 2 is 1.61 bits per heavy atom. The number of rotatable bonds is 19. The largest absolute Gasteiger partial charge is 0.482 e. The summed E-state index contributed by atoms with van der Waals surface area (Å²) in [5.41, 5.74) is 4.23. The molecule has 2 aliphatic carbocycles. The summed E-state index contributed by atoms with van der Waals surface area (Å²) >= 11 is 0. The van der Waals surface area contributed by atoms with Gasteiger partial charge < -0.3 is 24.6 Å². The van der Waals surface area contributed by atoms with Crippen LogP contribution in [0.15, 0.2) is 78.9 Å². The van der Waals surface area contributed by atoms with Crippen LogP contribution in [0, 0.1) is 17.8 Å². The van der Waals surface area contributed by atoms with Crippen molar-refractivity contribution in [2.45, 2.75) is 90.1 Å². The number of carbonyl (C=O) groups is 2. The molecule has 3 aromatic carbocycles. The number of amides is 1. The highest BCUT2D eigenvalue weighted by molar-refractivity contribution is 5.71. The summed E-state index contributed by atoms with van der Waals surface area (Å²) in [5.74, 6) is 1.23. The molecule has 0 aliphatic heterocycles. The van der Waals surface area contributed by atoms with Crippen molar-refractivity contribution in [2.24, 2.45) is 17.8 Å². The highest BCUT2D eigenvalue weighted by Gasteiger charge is 2.45. The molecule has 0 spiro atoms. The molecular formula is C40H51NO8. The van der Waals surface area contributed by atoms with Crippen LogP contribution in [0.4, 0.5) is 4.79 Å². The first-order valence-electron chi connectivity index (χ1n) is 17.8. The maximum Gasteiger partial charge on any atom is 0.407 e. The van der Waals surface area contributed by atoms with Crippen molar-refractivity contribution in [3.63, 3.8) is 0 Å². The van der Waals surface area contributed by atoms with Crippen molar-refractivity contribution in [1.82, 2.24) is 5.32 Å². The number of esters is 1. The summed E-state index contributed by atoms with van der Waals surface area (Å²) in [7, 11) is 0. The maximum atomic E-state index is 12.4. The lowest BCUT2D eigenvalue weighted by Gasteiger charge is -2.32. The molecule has 1 saturated carbocycles. The second kappa shape index (κ2) is 19.3. The molecule has 9 nitrogen and oxygen atoms in total. The number of aliphatic hydroxyl groups is 1. The van der Waals surface area contributed by atoms with Gasteiger partial charge in [-0.1, -0.05) is 99.0 Å². The molecule has 49 heavy (non-hydrogen) atoms. The molecule has 0 aromatic heterocycles. The van der Waals surface area contributed by atoms with Gasteiger partial charge in [0.1, 0.15) is 19.0 Å². The predicted octanol–water partition coefficient (Wildman–Crippen LogP) is 7.12. The zero-order valence-electron chi connectivity index (χ0n) is 28.6. The molecule has 5 rings (SSSR count). The molecule has 2 aliphatic rings. The van der Waals surface area contributed by atoms with E-state index in [4.69, 9.17) is 24.0 Å². The minimum Gasteiger partial charge on any atom is -0.482 e. The minimum absolute atomic E-state index is 0.0830. The van der Waals surface area contributed by atoms with Crippen LogP contribution >= 0.6 is 0 Å². The van der Waals surface area contributed by atoms with Gasteiger partial charge in [-0.05, 0) is 84.6 Å². The molecule has 3 aromatic rings. The lowest BCUT2D eigenvalue weighted by Crippen LogP contribution is -2.29. The number of unbranched alkanes of at least 4 members (excludes halogenated alkanes) is 2. The first kappa shape index (κ1) is 36.4. The fourth-order valence-corrected chi connectivity index (χ4v) is 7.21. The molecule has 0 radical (unpaired) electrons. The minimum atomic E-state index is -0.495. The van der Waals surface area contributed by atoms with Gasteiger partial charge in [-0.3, -0.25) is 0 Å². The molecule has 1 fully saturated rings. The van der Waals surface area contributed by atoms with Crippen molar-refractivity contribution in [1.29, 1.82) is 0 Å². The summed E-state index contributed by atoms with van der Waals surface area (Å²) in [6.45, 7) is 2.97. The van der Waals surface area contributed by atoms with Gasteiger partial charge in [0.2, 0.25) is 0 Å². The van der Waals surface area contributed by atoms with E-state index in [0.717, 1.165) is 80.2 Å². The lowest BCUT2D eigenvalue weighted by molar-refractivity contribution is -0.325. The fourth-order valence-electron chi connectivity index (χ4n) is 7.21. The van der Waals surface area contributed by atoms with Gasteiger partial charge in [0.05, 0.1) is 18.8 Å². The molecule has 264 valence electrons. The Hall–Kier alpha value is -3.92. The zero-order valence-corrected chi connectivity index (χ0v) is 28.6. The van der Waals surface area contributed by atoms with Crippen LogP contribution in [-0.2, 0) is 50.1 Å². The standard InChI is InChI=1S/C40H51NO8/c1-2-3-6-17-33(49-48-22-21-41-40(44)47-27-30-14-9-5-10-15-30)19-20-34-35-23-31-16-11-18-38(36(31)24-32(35)25-37(34)42)45-28-39(43)46-26-29-12-7-4-8-13-29/h4-5,7-16,18,32-35,37,42H,2-3,6,17,19-28H2,1H3,(H,41,44). The first-order chi connectivity index (χ1) is 24.0. The number of fused-ring (bicyclic) bond motifs is 2. The molecule has 0 bridgehead atoms. The smallest absolute Gasteiger partial charge is 0.407 e. The zero-order chi connectivity index (χ0) is 34.3. The van der Waals surface area contributed by atoms with E-state index in [-0.39, 0.29) is 51.1 Å². The SMILES string of the molecule is CCCCCC(CCC1C(O)CC2Cc3c(cccc3OCC(=O)OCc3ccccc3)CC21)OOCCNC(=O)OCc1ccccc1. The van der Waals surface area contributed by atoms with Crippen molar-refractivity contribution in [3.05, 3.63) is 101 Å². The summed E-state index contributed by atoms with van der Waals surface area (Å²) in [6.07, 6.45) is 7.32. The molecule has 2 N–H and O–H groups in total. The van der Waals surface area contributed by atoms with Crippen LogP contribution in [0.5, 0.6) is 5.75 Å². The number of ether oxygens (including phenoxy) is 3. The molecule has 0 heterocycles. The van der Waals surface area contributed by atoms with E-state index in [1.165, 1.54) is 5.56 Å². The Kier molecular flexibility index (Phi) is 14.3. The van der Waals surface area contributed by atoms with Gasteiger partial charge in [0.25, 0.3) is 0 Å². The molecule has 5 unspecified atom stereocenters. The normalized spacial score (nSPS) is 20.1. The van der Waals surface area contributed by atoms with Crippen LogP contribution in [0.2, 0.25) is 0 Å². The van der Waals surface area contributed by atoms with Crippen LogP contribution in [0.1, 0.15) is 74.1 Å². The van der Waals surface area contributed by atoms with E-state index in [1.54, 1.807) is 0 Å². The number of hydrogen-bond donors (Lipinski definition) is 2. The second-order valence-electron chi connectivity index (χ2n) is 13.2. The van der Waals surface area contributed by atoms with Gasteiger partial charge in [-0.15, -0.1) is 0 Å². The lowest BCUT2D eigenvalue weighted by atomic mass is 9.73. The van der Waals surface area contributed by atoms with Crippen LogP contribution in [0.25, 0.3) is 0 Å². The number of alkyl carbamates (subject to hydrolysis) is 1. The third-order valence-electron chi connectivity index (χ3n) is 9.76. The topological polar surface area (TPSA) is 113 Å². The van der Waals surface area contributed by atoms with E-state index in [9.17, 15) is 14.7 Å². The summed E-state index contributed by atoms with van der Waals surface area (Å²) < 4.78 is 16.6. The highest BCUT2D eigenvalue weighted by Crippen LogP contribution is 2.48. The molecule has 5 atom stereocenters. The predicted molar refractivity (Wildman–Crippen MR) is 186 cm³/mol. The monoisotopic (exact) mass is 673 g/mol. The van der Waals surface area contributed by atoms with E-state index in [2.05, 4.69) is 18.3 Å². The average Bonchev–Trinajstić information content (AvgIpc) is 3.43. The third-order valence-corrected chi connectivity index (χ3v) is 9.76. The quantitative estimate of drug-likeness (QED) is 0.0599. The number of nitrogens with one attached hydrogen (secondary N) is 1. The van der Waals surface area contributed by atoms with Gasteiger partial charge in [0.15, 0.2) is 6.61 Å².